The Morgan fingerprint density at radius 1 is 1.28 bits per heavy atom. The molecule has 0 unspecified atom stereocenters. The lowest BCUT2D eigenvalue weighted by molar-refractivity contribution is 0.0713. The van der Waals surface area contributed by atoms with Gasteiger partial charge in [-0.3, -0.25) is 4.79 Å². The van der Waals surface area contributed by atoms with Gasteiger partial charge in [-0.05, 0) is 37.1 Å². The molecule has 2 heterocycles. The first-order valence-corrected chi connectivity index (χ1v) is 10.7. The number of hydrogen-bond acceptors (Lipinski definition) is 5. The van der Waals surface area contributed by atoms with Crippen molar-refractivity contribution in [3.63, 3.8) is 0 Å². The molecule has 1 aromatic carbocycles. The van der Waals surface area contributed by atoms with Gasteiger partial charge in [0.25, 0.3) is 5.91 Å². The summed E-state index contributed by atoms with van der Waals surface area (Å²) in [6.45, 7) is 3.45. The molecule has 134 valence electrons. The highest BCUT2D eigenvalue weighted by Crippen LogP contribution is 2.29. The summed E-state index contributed by atoms with van der Waals surface area (Å²) in [5.41, 5.74) is 0.517. The molecule has 25 heavy (non-hydrogen) atoms. The van der Waals surface area contributed by atoms with Gasteiger partial charge in [-0.25, -0.2) is 18.1 Å². The third-order valence-electron chi connectivity index (χ3n) is 4.33. The Hall–Kier alpha value is -1.77. The number of amides is 1. The quantitative estimate of drug-likeness (QED) is 0.865. The van der Waals surface area contributed by atoms with Gasteiger partial charge in [0, 0.05) is 42.7 Å². The molecule has 1 fully saturated rings. The summed E-state index contributed by atoms with van der Waals surface area (Å²) in [5, 5.41) is 3.13. The van der Waals surface area contributed by atoms with Gasteiger partial charge in [0.1, 0.15) is 0 Å². The number of hydrogen-bond donors (Lipinski definition) is 1. The van der Waals surface area contributed by atoms with Gasteiger partial charge in [0.2, 0.25) is 10.0 Å². The number of rotatable bonds is 5. The standard InChI is InChI=1S/C17H21N3O3S2/c1-2-19-25(22,23)15-5-3-14(4-6-15)17(21)20-10-7-13(8-11-20)16-18-9-12-24-16/h3-6,9,12-13,19H,2,7-8,10-11H2,1H3. The topological polar surface area (TPSA) is 79.4 Å². The van der Waals surface area contributed by atoms with Crippen molar-refractivity contribution in [1.29, 1.82) is 0 Å². The van der Waals surface area contributed by atoms with Crippen molar-refractivity contribution in [2.75, 3.05) is 19.6 Å². The van der Waals surface area contributed by atoms with Crippen molar-refractivity contribution in [3.05, 3.63) is 46.4 Å². The lowest BCUT2D eigenvalue weighted by atomic mass is 9.97. The number of benzene rings is 1. The van der Waals surface area contributed by atoms with Crippen LogP contribution in [0.3, 0.4) is 0 Å². The molecule has 0 radical (unpaired) electrons. The Morgan fingerprint density at radius 3 is 2.52 bits per heavy atom. The molecule has 2 aromatic rings. The van der Waals surface area contributed by atoms with Crippen LogP contribution in [0.4, 0.5) is 0 Å². The molecule has 1 aliphatic rings. The number of aromatic nitrogens is 1. The van der Waals surface area contributed by atoms with Gasteiger partial charge >= 0.3 is 0 Å². The molecule has 6 nitrogen and oxygen atoms in total. The zero-order chi connectivity index (χ0) is 17.9. The van der Waals surface area contributed by atoms with E-state index < -0.39 is 10.0 Å². The molecule has 0 bridgehead atoms. The van der Waals surface area contributed by atoms with E-state index in [4.69, 9.17) is 0 Å². The van der Waals surface area contributed by atoms with E-state index in [0.717, 1.165) is 17.8 Å². The van der Waals surface area contributed by atoms with Gasteiger partial charge < -0.3 is 4.90 Å². The van der Waals surface area contributed by atoms with Crippen LogP contribution in [0.15, 0.2) is 40.7 Å². The predicted octanol–water partition coefficient (Wildman–Crippen LogP) is 2.46. The molecule has 1 saturated heterocycles. The van der Waals surface area contributed by atoms with Gasteiger partial charge in [-0.2, -0.15) is 0 Å². The average molecular weight is 380 g/mol. The van der Waals surface area contributed by atoms with E-state index in [1.165, 1.54) is 12.1 Å². The van der Waals surface area contributed by atoms with Crippen molar-refractivity contribution in [2.45, 2.75) is 30.6 Å². The molecule has 0 spiro atoms. The summed E-state index contributed by atoms with van der Waals surface area (Å²) in [4.78, 5) is 19.0. The monoisotopic (exact) mass is 379 g/mol. The Balaban J connectivity index is 1.64. The minimum atomic E-state index is -3.49. The molecule has 1 aromatic heterocycles. The Bertz CT molecular complexity index is 809. The smallest absolute Gasteiger partial charge is 0.253 e. The van der Waals surface area contributed by atoms with E-state index in [0.29, 0.717) is 31.1 Å². The lowest BCUT2D eigenvalue weighted by Gasteiger charge is -2.31. The van der Waals surface area contributed by atoms with Crippen molar-refractivity contribution in [2.24, 2.45) is 0 Å². The number of carbonyl (C=O) groups excluding carboxylic acids is 1. The number of nitrogens with zero attached hydrogens (tertiary/aromatic N) is 2. The van der Waals surface area contributed by atoms with E-state index in [9.17, 15) is 13.2 Å². The highest BCUT2D eigenvalue weighted by atomic mass is 32.2. The molecule has 3 rings (SSSR count). The zero-order valence-electron chi connectivity index (χ0n) is 14.0. The van der Waals surface area contributed by atoms with Crippen LogP contribution in [0.5, 0.6) is 0 Å². The fraction of sp³-hybridized carbons (Fsp3) is 0.412. The third-order valence-corrected chi connectivity index (χ3v) is 6.83. The summed E-state index contributed by atoms with van der Waals surface area (Å²) < 4.78 is 26.3. The van der Waals surface area contributed by atoms with Crippen LogP contribution in [-0.4, -0.2) is 43.8 Å². The molecule has 1 amide bonds. The number of nitrogens with one attached hydrogen (secondary N) is 1. The number of likely N-dealkylation sites (tertiary alicyclic amines) is 1. The molecule has 8 heteroatoms. The summed E-state index contributed by atoms with van der Waals surface area (Å²) in [5.74, 6) is 0.377. The summed E-state index contributed by atoms with van der Waals surface area (Å²) in [6.07, 6.45) is 3.64. The Kier molecular flexibility index (Phi) is 5.51. The minimum Gasteiger partial charge on any atom is -0.339 e. The predicted molar refractivity (Wildman–Crippen MR) is 97.3 cm³/mol. The first kappa shape index (κ1) is 18.0. The molecule has 1 N–H and O–H groups in total. The van der Waals surface area contributed by atoms with Crippen LogP contribution in [0, 0.1) is 0 Å². The van der Waals surface area contributed by atoms with Crippen LogP contribution < -0.4 is 4.72 Å². The second-order valence-electron chi connectivity index (χ2n) is 5.96. The normalized spacial score (nSPS) is 16.1. The Labute approximate surface area is 151 Å². The average Bonchev–Trinajstić information content (AvgIpc) is 3.16. The lowest BCUT2D eigenvalue weighted by Crippen LogP contribution is -2.37. The summed E-state index contributed by atoms with van der Waals surface area (Å²) in [7, 11) is -3.49. The fourth-order valence-electron chi connectivity index (χ4n) is 3.00. The second-order valence-corrected chi connectivity index (χ2v) is 8.66. The van der Waals surface area contributed by atoms with Crippen LogP contribution in [0.25, 0.3) is 0 Å². The van der Waals surface area contributed by atoms with Gasteiger partial charge in [-0.1, -0.05) is 6.92 Å². The largest absolute Gasteiger partial charge is 0.339 e. The molecule has 0 aliphatic carbocycles. The maximum absolute atomic E-state index is 12.6. The number of sulfonamides is 1. The maximum atomic E-state index is 12.6. The number of piperidine rings is 1. The SMILES string of the molecule is CCNS(=O)(=O)c1ccc(C(=O)N2CCC(c3nccs3)CC2)cc1. The molecular weight excluding hydrogens is 358 g/mol. The van der Waals surface area contributed by atoms with E-state index in [1.54, 1.807) is 30.4 Å². The van der Waals surface area contributed by atoms with Crippen LogP contribution in [0.1, 0.15) is 41.0 Å². The van der Waals surface area contributed by atoms with Crippen LogP contribution in [-0.2, 0) is 10.0 Å². The minimum absolute atomic E-state index is 0.0509. The van der Waals surface area contributed by atoms with Gasteiger partial charge in [0.05, 0.1) is 9.90 Å². The molecule has 1 aliphatic heterocycles. The van der Waals surface area contributed by atoms with Crippen molar-refractivity contribution in [3.8, 4) is 0 Å². The molecule has 0 atom stereocenters. The second kappa shape index (κ2) is 7.63. The molecule has 0 saturated carbocycles. The van der Waals surface area contributed by atoms with Crippen molar-refractivity contribution >= 4 is 27.3 Å². The summed E-state index contributed by atoms with van der Waals surface area (Å²) in [6, 6.07) is 6.13. The first-order chi connectivity index (χ1) is 12.0. The van der Waals surface area contributed by atoms with Crippen molar-refractivity contribution < 1.29 is 13.2 Å². The maximum Gasteiger partial charge on any atom is 0.253 e. The highest BCUT2D eigenvalue weighted by Gasteiger charge is 2.26. The number of carbonyl (C=O) groups is 1. The first-order valence-electron chi connectivity index (χ1n) is 8.29. The van der Waals surface area contributed by atoms with E-state index in [-0.39, 0.29) is 10.8 Å². The summed E-state index contributed by atoms with van der Waals surface area (Å²) >= 11 is 1.67. The van der Waals surface area contributed by atoms with E-state index in [2.05, 4.69) is 9.71 Å². The van der Waals surface area contributed by atoms with Crippen LogP contribution >= 0.6 is 11.3 Å². The molecular formula is C17H21N3O3S2. The Morgan fingerprint density at radius 2 is 1.96 bits per heavy atom. The van der Waals surface area contributed by atoms with E-state index >= 15 is 0 Å². The zero-order valence-corrected chi connectivity index (χ0v) is 15.6. The van der Waals surface area contributed by atoms with Gasteiger partial charge in [0.15, 0.2) is 0 Å². The fourth-order valence-corrected chi connectivity index (χ4v) is 4.85. The third kappa shape index (κ3) is 4.08. The van der Waals surface area contributed by atoms with Crippen molar-refractivity contribution in [1.82, 2.24) is 14.6 Å². The number of thiazole rings is 1. The van der Waals surface area contributed by atoms with E-state index in [1.807, 2.05) is 16.5 Å². The van der Waals surface area contributed by atoms with Crippen LogP contribution in [0.2, 0.25) is 0 Å². The van der Waals surface area contributed by atoms with Gasteiger partial charge in [-0.15, -0.1) is 11.3 Å². The highest BCUT2D eigenvalue weighted by molar-refractivity contribution is 7.89.